The molecule has 0 aliphatic rings. The van der Waals surface area contributed by atoms with Crippen molar-refractivity contribution < 1.29 is 4.92 Å². The highest BCUT2D eigenvalue weighted by atomic mass is 16.6. The van der Waals surface area contributed by atoms with Crippen molar-refractivity contribution in [3.8, 4) is 0 Å². The third-order valence-electron chi connectivity index (χ3n) is 1.87. The highest BCUT2D eigenvalue weighted by Crippen LogP contribution is 2.20. The minimum Gasteiger partial charge on any atom is -0.258 e. The van der Waals surface area contributed by atoms with Crippen molar-refractivity contribution in [2.24, 2.45) is 0 Å². The molecule has 0 bridgehead atoms. The number of rotatable bonds is 3. The fourth-order valence-electron chi connectivity index (χ4n) is 1.14. The highest BCUT2D eigenvalue weighted by molar-refractivity contribution is 5.44. The molecule has 0 atom stereocenters. The average molecular weight is 176 g/mol. The van der Waals surface area contributed by atoms with Crippen LogP contribution in [0.25, 0.3) is 0 Å². The van der Waals surface area contributed by atoms with Crippen molar-refractivity contribution in [1.29, 1.82) is 0 Å². The first-order valence-electron chi connectivity index (χ1n) is 3.99. The van der Waals surface area contributed by atoms with Crippen molar-refractivity contribution >= 4 is 5.69 Å². The van der Waals surface area contributed by atoms with E-state index in [1.54, 1.807) is 12.1 Å². The van der Waals surface area contributed by atoms with Gasteiger partial charge in [-0.15, -0.1) is 0 Å². The summed E-state index contributed by atoms with van der Waals surface area (Å²) in [6.45, 7) is 5.33. The molecular weight excluding hydrogens is 166 g/mol. The number of benzene rings is 1. The van der Waals surface area contributed by atoms with Gasteiger partial charge in [0.2, 0.25) is 0 Å². The Morgan fingerprint density at radius 2 is 2.31 bits per heavy atom. The lowest BCUT2D eigenvalue weighted by atomic mass is 10.1. The van der Waals surface area contributed by atoms with E-state index in [1.807, 2.05) is 6.92 Å². The van der Waals surface area contributed by atoms with Crippen LogP contribution in [-0.2, 0) is 6.42 Å². The summed E-state index contributed by atoms with van der Waals surface area (Å²) < 4.78 is 0. The molecule has 0 fully saturated rings. The van der Waals surface area contributed by atoms with Crippen LogP contribution in [0.1, 0.15) is 18.1 Å². The van der Waals surface area contributed by atoms with Crippen LogP contribution in [0.3, 0.4) is 0 Å². The monoisotopic (exact) mass is 176 g/mol. The van der Waals surface area contributed by atoms with Crippen molar-refractivity contribution in [1.82, 2.24) is 0 Å². The standard InChI is InChI=1S/C10H10NO2/c1-3-8-5-6-9(4-2)10(7-8)11(12)13/h5-7H,1,4H2,2H3. The molecule has 1 rings (SSSR count). The fourth-order valence-corrected chi connectivity index (χ4v) is 1.14. The van der Waals surface area contributed by atoms with Gasteiger partial charge in [-0.1, -0.05) is 25.6 Å². The fraction of sp³-hybridized carbons (Fsp3) is 0.200. The van der Waals surface area contributed by atoms with E-state index in [1.165, 1.54) is 6.07 Å². The minimum atomic E-state index is -0.375. The topological polar surface area (TPSA) is 43.1 Å². The Hall–Kier alpha value is -1.64. The molecule has 0 saturated heterocycles. The maximum atomic E-state index is 10.6. The number of nitrogens with zero attached hydrogens (tertiary/aromatic N) is 1. The van der Waals surface area contributed by atoms with Crippen LogP contribution in [-0.4, -0.2) is 4.92 Å². The van der Waals surface area contributed by atoms with Gasteiger partial charge in [0.05, 0.1) is 4.92 Å². The van der Waals surface area contributed by atoms with Gasteiger partial charge >= 0.3 is 0 Å². The highest BCUT2D eigenvalue weighted by Gasteiger charge is 2.11. The van der Waals surface area contributed by atoms with E-state index < -0.39 is 0 Å². The van der Waals surface area contributed by atoms with Crippen molar-refractivity contribution in [2.45, 2.75) is 13.3 Å². The van der Waals surface area contributed by atoms with Crippen LogP contribution in [0.4, 0.5) is 5.69 Å². The number of hydrogen-bond donors (Lipinski definition) is 0. The molecule has 1 radical (unpaired) electrons. The molecule has 0 N–H and O–H groups in total. The van der Waals surface area contributed by atoms with E-state index in [0.29, 0.717) is 12.0 Å². The predicted molar refractivity (Wildman–Crippen MR) is 50.4 cm³/mol. The lowest BCUT2D eigenvalue weighted by molar-refractivity contribution is -0.385. The molecule has 0 aliphatic carbocycles. The third-order valence-corrected chi connectivity index (χ3v) is 1.87. The first-order chi connectivity index (χ1) is 6.19. The second-order valence-corrected chi connectivity index (χ2v) is 2.63. The first kappa shape index (κ1) is 9.45. The van der Waals surface area contributed by atoms with Gasteiger partial charge in [-0.2, -0.15) is 0 Å². The van der Waals surface area contributed by atoms with Gasteiger partial charge in [-0.3, -0.25) is 10.1 Å². The van der Waals surface area contributed by atoms with Crippen LogP contribution in [0.2, 0.25) is 0 Å². The molecule has 1 aromatic carbocycles. The van der Waals surface area contributed by atoms with Gasteiger partial charge in [-0.25, -0.2) is 0 Å². The van der Waals surface area contributed by atoms with E-state index in [2.05, 4.69) is 12.7 Å². The Balaban J connectivity index is 3.25. The second kappa shape index (κ2) is 3.85. The van der Waals surface area contributed by atoms with Gasteiger partial charge in [-0.05, 0) is 18.1 Å². The van der Waals surface area contributed by atoms with Crippen molar-refractivity contribution in [3.63, 3.8) is 0 Å². The number of hydrogen-bond acceptors (Lipinski definition) is 2. The normalized spacial score (nSPS) is 9.62. The Labute approximate surface area is 76.9 Å². The van der Waals surface area contributed by atoms with Crippen LogP contribution < -0.4 is 0 Å². The van der Waals surface area contributed by atoms with Crippen molar-refractivity contribution in [2.75, 3.05) is 0 Å². The summed E-state index contributed by atoms with van der Waals surface area (Å²) in [5, 5.41) is 10.6. The van der Waals surface area contributed by atoms with Crippen LogP contribution in [0.5, 0.6) is 0 Å². The van der Waals surface area contributed by atoms with E-state index in [4.69, 9.17) is 0 Å². The summed E-state index contributed by atoms with van der Waals surface area (Å²) in [6.07, 6.45) is 3.28. The molecule has 0 saturated carbocycles. The number of nitro benzene ring substituents is 1. The zero-order chi connectivity index (χ0) is 9.84. The largest absolute Gasteiger partial charge is 0.273 e. The Morgan fingerprint density at radius 1 is 1.62 bits per heavy atom. The summed E-state index contributed by atoms with van der Waals surface area (Å²) in [5.74, 6) is 0. The van der Waals surface area contributed by atoms with E-state index in [9.17, 15) is 10.1 Å². The molecule has 67 valence electrons. The van der Waals surface area contributed by atoms with E-state index in [-0.39, 0.29) is 10.6 Å². The second-order valence-electron chi connectivity index (χ2n) is 2.63. The zero-order valence-corrected chi connectivity index (χ0v) is 7.41. The lowest BCUT2D eigenvalue weighted by Gasteiger charge is -1.99. The summed E-state index contributed by atoms with van der Waals surface area (Å²) in [7, 11) is 0. The van der Waals surface area contributed by atoms with Gasteiger partial charge in [0.1, 0.15) is 0 Å². The molecule has 0 unspecified atom stereocenters. The number of aryl methyl sites for hydroxylation is 1. The molecule has 13 heavy (non-hydrogen) atoms. The zero-order valence-electron chi connectivity index (χ0n) is 7.41. The predicted octanol–water partition coefficient (Wildman–Crippen LogP) is 2.49. The molecule has 0 spiro atoms. The van der Waals surface area contributed by atoms with Gasteiger partial charge in [0.15, 0.2) is 0 Å². The Morgan fingerprint density at radius 3 is 2.77 bits per heavy atom. The molecule has 0 aliphatic heterocycles. The Bertz CT molecular complexity index is 345. The SMILES string of the molecule is C=[C]c1ccc(CC)c([N+](=O)[O-])c1. The van der Waals surface area contributed by atoms with E-state index >= 15 is 0 Å². The molecular formula is C10H10NO2. The molecule has 3 nitrogen and oxygen atoms in total. The smallest absolute Gasteiger partial charge is 0.258 e. The Kier molecular flexibility index (Phi) is 2.80. The van der Waals surface area contributed by atoms with E-state index in [0.717, 1.165) is 5.56 Å². The molecule has 0 heterocycles. The maximum absolute atomic E-state index is 10.6. The molecule has 0 aromatic heterocycles. The number of nitro groups is 1. The van der Waals surface area contributed by atoms with Gasteiger partial charge in [0, 0.05) is 11.6 Å². The van der Waals surface area contributed by atoms with Gasteiger partial charge in [0.25, 0.3) is 5.69 Å². The molecule has 3 heteroatoms. The maximum Gasteiger partial charge on any atom is 0.273 e. The van der Waals surface area contributed by atoms with Gasteiger partial charge < -0.3 is 0 Å². The summed E-state index contributed by atoms with van der Waals surface area (Å²) in [6, 6.07) is 5.01. The summed E-state index contributed by atoms with van der Waals surface area (Å²) in [5.41, 5.74) is 1.55. The first-order valence-corrected chi connectivity index (χ1v) is 3.99. The van der Waals surface area contributed by atoms with Crippen LogP contribution in [0, 0.1) is 16.2 Å². The van der Waals surface area contributed by atoms with Crippen LogP contribution >= 0.6 is 0 Å². The van der Waals surface area contributed by atoms with Crippen LogP contribution in [0.15, 0.2) is 24.8 Å². The minimum absolute atomic E-state index is 0.149. The average Bonchev–Trinajstić information content (AvgIpc) is 2.16. The third kappa shape index (κ3) is 1.93. The summed E-state index contributed by atoms with van der Waals surface area (Å²) >= 11 is 0. The quantitative estimate of drug-likeness (QED) is 0.524. The van der Waals surface area contributed by atoms with Crippen molar-refractivity contribution in [3.05, 3.63) is 52.1 Å². The molecule has 0 amide bonds. The molecule has 1 aromatic rings. The lowest BCUT2D eigenvalue weighted by Crippen LogP contribution is -1.94. The summed E-state index contributed by atoms with van der Waals surface area (Å²) in [4.78, 5) is 10.2.